The first-order chi connectivity index (χ1) is 14.5. The second-order valence-electron chi connectivity index (χ2n) is 7.42. The maximum absolute atomic E-state index is 13.1. The molecule has 0 spiro atoms. The van der Waals surface area contributed by atoms with Crippen LogP contribution in [-0.2, 0) is 14.8 Å². The molecule has 0 radical (unpaired) electrons. The number of benzene rings is 2. The lowest BCUT2D eigenvalue weighted by atomic mass is 10.1. The second kappa shape index (κ2) is 8.81. The first-order valence-corrected chi connectivity index (χ1v) is 11.4. The fourth-order valence-corrected chi connectivity index (χ4v) is 4.87. The lowest BCUT2D eigenvalue weighted by Crippen LogP contribution is -2.48. The molecule has 2 atom stereocenters. The van der Waals surface area contributed by atoms with Crippen molar-refractivity contribution in [2.75, 3.05) is 17.8 Å². The molecule has 2 aromatic carbocycles. The van der Waals surface area contributed by atoms with Crippen LogP contribution < -0.4 is 4.72 Å². The molecule has 1 saturated heterocycles. The Kier molecular flexibility index (Phi) is 6.54. The molecule has 1 N–H and O–H groups in total. The third kappa shape index (κ3) is 4.97. The summed E-state index contributed by atoms with van der Waals surface area (Å²) in [5.74, 6) is -0.340. The quantitative estimate of drug-likeness (QED) is 0.530. The number of anilines is 1. The molecule has 0 bridgehead atoms. The lowest BCUT2D eigenvalue weighted by molar-refractivity contribution is -0.385. The second-order valence-corrected chi connectivity index (χ2v) is 9.51. The normalized spacial score (nSPS) is 19.2. The number of hydrogen-bond donors (Lipinski definition) is 1. The molecule has 1 heterocycles. The summed E-state index contributed by atoms with van der Waals surface area (Å²) in [6.45, 7) is 5.91. The monoisotopic (exact) mass is 467 g/mol. The summed E-state index contributed by atoms with van der Waals surface area (Å²) in [4.78, 5) is 24.9. The fourth-order valence-electron chi connectivity index (χ4n) is 3.46. The summed E-state index contributed by atoms with van der Waals surface area (Å²) in [5.41, 5.74) is -0.0102. The minimum Gasteiger partial charge on any atom is -0.372 e. The number of nitrogens with zero attached hydrogens (tertiary/aromatic N) is 2. The molecular weight excluding hydrogens is 446 g/mol. The van der Waals surface area contributed by atoms with Crippen LogP contribution in [0.5, 0.6) is 0 Å². The number of nitro benzene ring substituents is 1. The Morgan fingerprint density at radius 3 is 2.45 bits per heavy atom. The standard InChI is InChI=1S/C20H22ClN3O6S/c1-12-10-23(11-13(2)30-12)20(25)16-6-4-5-7-18(16)22-31(28,29)15-8-17(21)14(3)19(9-15)24(26)27/h4-9,12-13,22H,10-11H2,1-3H3. The molecule has 2 unspecified atom stereocenters. The van der Waals surface area contributed by atoms with Crippen molar-refractivity contribution in [3.8, 4) is 0 Å². The number of nitro groups is 1. The van der Waals surface area contributed by atoms with Crippen LogP contribution in [0.3, 0.4) is 0 Å². The van der Waals surface area contributed by atoms with E-state index in [4.69, 9.17) is 16.3 Å². The van der Waals surface area contributed by atoms with E-state index in [2.05, 4.69) is 4.72 Å². The van der Waals surface area contributed by atoms with E-state index in [0.717, 1.165) is 12.1 Å². The van der Waals surface area contributed by atoms with Gasteiger partial charge in [0.15, 0.2) is 0 Å². The van der Waals surface area contributed by atoms with E-state index < -0.39 is 20.6 Å². The number of para-hydroxylation sites is 1. The molecule has 166 valence electrons. The number of rotatable bonds is 5. The number of ether oxygens (including phenoxy) is 1. The third-order valence-electron chi connectivity index (χ3n) is 4.91. The average Bonchev–Trinajstić information content (AvgIpc) is 2.68. The molecule has 0 saturated carbocycles. The van der Waals surface area contributed by atoms with Crippen LogP contribution in [0.4, 0.5) is 11.4 Å². The summed E-state index contributed by atoms with van der Waals surface area (Å²) < 4.78 is 33.9. The van der Waals surface area contributed by atoms with Crippen molar-refractivity contribution in [2.24, 2.45) is 0 Å². The van der Waals surface area contributed by atoms with Gasteiger partial charge in [0.05, 0.1) is 38.3 Å². The molecule has 1 amide bonds. The van der Waals surface area contributed by atoms with Gasteiger partial charge >= 0.3 is 0 Å². The van der Waals surface area contributed by atoms with Gasteiger partial charge in [0, 0.05) is 24.7 Å². The number of nitrogens with one attached hydrogen (secondary N) is 1. The highest BCUT2D eigenvalue weighted by atomic mass is 35.5. The number of halogens is 1. The van der Waals surface area contributed by atoms with Crippen molar-refractivity contribution < 1.29 is 22.9 Å². The molecule has 0 aliphatic carbocycles. The maximum Gasteiger partial charge on any atom is 0.275 e. The number of carbonyl (C=O) groups is 1. The highest BCUT2D eigenvalue weighted by Gasteiger charge is 2.29. The zero-order valence-corrected chi connectivity index (χ0v) is 18.7. The van der Waals surface area contributed by atoms with E-state index in [-0.39, 0.29) is 44.8 Å². The average molecular weight is 468 g/mol. The van der Waals surface area contributed by atoms with Crippen LogP contribution in [0.15, 0.2) is 41.3 Å². The highest BCUT2D eigenvalue weighted by Crippen LogP contribution is 2.31. The largest absolute Gasteiger partial charge is 0.372 e. The van der Waals surface area contributed by atoms with Crippen LogP contribution >= 0.6 is 11.6 Å². The van der Waals surface area contributed by atoms with Gasteiger partial charge in [-0.1, -0.05) is 23.7 Å². The van der Waals surface area contributed by atoms with E-state index in [1.165, 1.54) is 19.1 Å². The first kappa shape index (κ1) is 23.0. The molecule has 1 fully saturated rings. The molecule has 9 nitrogen and oxygen atoms in total. The Balaban J connectivity index is 1.95. The van der Waals surface area contributed by atoms with E-state index in [1.807, 2.05) is 13.8 Å². The minimum absolute atomic E-state index is 0.0461. The molecule has 31 heavy (non-hydrogen) atoms. The summed E-state index contributed by atoms with van der Waals surface area (Å²) >= 11 is 6.01. The lowest BCUT2D eigenvalue weighted by Gasteiger charge is -2.35. The van der Waals surface area contributed by atoms with Crippen LogP contribution in [0.25, 0.3) is 0 Å². The Bertz CT molecular complexity index is 1130. The number of sulfonamides is 1. The van der Waals surface area contributed by atoms with Crippen molar-refractivity contribution in [2.45, 2.75) is 37.9 Å². The number of amides is 1. The molecular formula is C20H22ClN3O6S. The third-order valence-corrected chi connectivity index (χ3v) is 6.64. The summed E-state index contributed by atoms with van der Waals surface area (Å²) in [6, 6.07) is 8.29. The Morgan fingerprint density at radius 2 is 1.84 bits per heavy atom. The summed E-state index contributed by atoms with van der Waals surface area (Å²) in [6.07, 6.45) is -0.293. The Morgan fingerprint density at radius 1 is 1.23 bits per heavy atom. The van der Waals surface area contributed by atoms with Crippen molar-refractivity contribution in [1.82, 2.24) is 4.90 Å². The number of morpholine rings is 1. The van der Waals surface area contributed by atoms with Crippen molar-refractivity contribution in [3.63, 3.8) is 0 Å². The fraction of sp³-hybridized carbons (Fsp3) is 0.350. The topological polar surface area (TPSA) is 119 Å². The first-order valence-electron chi connectivity index (χ1n) is 9.50. The number of hydrogen-bond acceptors (Lipinski definition) is 6. The summed E-state index contributed by atoms with van der Waals surface area (Å²) in [7, 11) is -4.25. The van der Waals surface area contributed by atoms with Gasteiger partial charge in [0.25, 0.3) is 21.6 Å². The zero-order valence-electron chi connectivity index (χ0n) is 17.2. The molecule has 1 aliphatic rings. The minimum atomic E-state index is -4.25. The van der Waals surface area contributed by atoms with E-state index in [9.17, 15) is 23.3 Å². The van der Waals surface area contributed by atoms with Gasteiger partial charge in [-0.05, 0) is 39.0 Å². The SMILES string of the molecule is Cc1c(Cl)cc(S(=O)(=O)Nc2ccccc2C(=O)N2CC(C)OC(C)C2)cc1[N+](=O)[O-]. The van der Waals surface area contributed by atoms with Crippen molar-refractivity contribution in [3.05, 3.63) is 62.7 Å². The van der Waals surface area contributed by atoms with Gasteiger partial charge in [-0.15, -0.1) is 0 Å². The van der Waals surface area contributed by atoms with Gasteiger partial charge in [0.2, 0.25) is 0 Å². The van der Waals surface area contributed by atoms with Crippen molar-refractivity contribution in [1.29, 1.82) is 0 Å². The van der Waals surface area contributed by atoms with Gasteiger partial charge in [-0.25, -0.2) is 8.42 Å². The van der Waals surface area contributed by atoms with Crippen LogP contribution in [0.1, 0.15) is 29.8 Å². The molecule has 1 aliphatic heterocycles. The summed E-state index contributed by atoms with van der Waals surface area (Å²) in [5, 5.41) is 11.2. The van der Waals surface area contributed by atoms with Gasteiger partial charge < -0.3 is 9.64 Å². The van der Waals surface area contributed by atoms with Crippen LogP contribution in [0.2, 0.25) is 5.02 Å². The van der Waals surface area contributed by atoms with Crippen molar-refractivity contribution >= 4 is 38.9 Å². The predicted molar refractivity (Wildman–Crippen MR) is 116 cm³/mol. The van der Waals surface area contributed by atoms with Crippen LogP contribution in [-0.4, -0.2) is 49.4 Å². The molecule has 11 heteroatoms. The van der Waals surface area contributed by atoms with E-state index >= 15 is 0 Å². The number of carbonyl (C=O) groups excluding carboxylic acids is 1. The van der Waals surface area contributed by atoms with Gasteiger partial charge in [-0.2, -0.15) is 0 Å². The molecule has 2 aromatic rings. The predicted octanol–water partition coefficient (Wildman–Crippen LogP) is 3.61. The smallest absolute Gasteiger partial charge is 0.275 e. The molecule has 3 rings (SSSR count). The molecule has 0 aromatic heterocycles. The maximum atomic E-state index is 13.1. The Hall–Kier alpha value is -2.69. The highest BCUT2D eigenvalue weighted by molar-refractivity contribution is 7.92. The van der Waals surface area contributed by atoms with Gasteiger partial charge in [0.1, 0.15) is 0 Å². The van der Waals surface area contributed by atoms with E-state index in [1.54, 1.807) is 17.0 Å². The van der Waals surface area contributed by atoms with Crippen LogP contribution in [0, 0.1) is 17.0 Å². The van der Waals surface area contributed by atoms with E-state index in [0.29, 0.717) is 13.1 Å². The zero-order chi connectivity index (χ0) is 22.9. The Labute approximate surface area is 185 Å². The van der Waals surface area contributed by atoms with Gasteiger partial charge in [-0.3, -0.25) is 19.6 Å².